The molecule has 5 heteroatoms. The molecule has 5 nitrogen and oxygen atoms in total. The second-order valence-corrected chi connectivity index (χ2v) is 7.03. The average molecular weight is 352 g/mol. The van der Waals surface area contributed by atoms with Crippen molar-refractivity contribution in [3.05, 3.63) is 69.3 Å². The van der Waals surface area contributed by atoms with Crippen molar-refractivity contribution in [1.82, 2.24) is 10.4 Å². The van der Waals surface area contributed by atoms with Gasteiger partial charge in [-0.25, -0.2) is 5.48 Å². The van der Waals surface area contributed by atoms with Gasteiger partial charge in [0.2, 0.25) is 0 Å². The van der Waals surface area contributed by atoms with Crippen LogP contribution in [0.15, 0.2) is 30.3 Å². The zero-order valence-electron chi connectivity index (χ0n) is 15.4. The highest BCUT2D eigenvalue weighted by molar-refractivity contribution is 5.97. The molecule has 0 saturated carbocycles. The van der Waals surface area contributed by atoms with Gasteiger partial charge in [0.25, 0.3) is 11.8 Å². The van der Waals surface area contributed by atoms with E-state index in [0.29, 0.717) is 18.7 Å². The molecule has 0 radical (unpaired) electrons. The molecule has 3 rings (SSSR count). The molecule has 0 aliphatic carbocycles. The van der Waals surface area contributed by atoms with E-state index >= 15 is 0 Å². The Kier molecular flexibility index (Phi) is 5.09. The van der Waals surface area contributed by atoms with Gasteiger partial charge in [-0.2, -0.15) is 0 Å². The predicted molar refractivity (Wildman–Crippen MR) is 99.4 cm³/mol. The van der Waals surface area contributed by atoms with Gasteiger partial charge in [-0.15, -0.1) is 0 Å². The maximum Gasteiger partial charge on any atom is 0.274 e. The number of hydroxylamine groups is 1. The van der Waals surface area contributed by atoms with Crippen LogP contribution in [-0.2, 0) is 13.0 Å². The van der Waals surface area contributed by atoms with Crippen molar-refractivity contribution in [2.24, 2.45) is 0 Å². The van der Waals surface area contributed by atoms with Crippen molar-refractivity contribution in [1.29, 1.82) is 0 Å². The molecule has 2 aromatic carbocycles. The molecule has 1 aliphatic heterocycles. The van der Waals surface area contributed by atoms with Gasteiger partial charge in [0.1, 0.15) is 0 Å². The number of amides is 2. The number of aryl methyl sites for hydroxylation is 4. The van der Waals surface area contributed by atoms with Crippen LogP contribution in [-0.4, -0.2) is 28.5 Å². The number of rotatable bonds is 2. The predicted octanol–water partition coefficient (Wildman–Crippen LogP) is 3.32. The molecule has 0 saturated heterocycles. The van der Waals surface area contributed by atoms with Crippen molar-refractivity contribution in [3.63, 3.8) is 0 Å². The summed E-state index contributed by atoms with van der Waals surface area (Å²) in [5.74, 6) is -0.457. The minimum Gasteiger partial charge on any atom is -0.334 e. The van der Waals surface area contributed by atoms with Crippen molar-refractivity contribution in [2.45, 2.75) is 40.2 Å². The molecule has 0 fully saturated rings. The molecular formula is C21H24N2O3. The van der Waals surface area contributed by atoms with E-state index in [4.69, 9.17) is 5.21 Å². The summed E-state index contributed by atoms with van der Waals surface area (Å²) in [6.07, 6.45) is 1.64. The van der Waals surface area contributed by atoms with E-state index < -0.39 is 5.91 Å². The van der Waals surface area contributed by atoms with Gasteiger partial charge in [-0.1, -0.05) is 23.8 Å². The quantitative estimate of drug-likeness (QED) is 0.643. The van der Waals surface area contributed by atoms with Crippen LogP contribution in [0.3, 0.4) is 0 Å². The van der Waals surface area contributed by atoms with Gasteiger partial charge >= 0.3 is 0 Å². The number of carbonyl (C=O) groups is 2. The zero-order chi connectivity index (χ0) is 18.8. The topological polar surface area (TPSA) is 69.6 Å². The minimum absolute atomic E-state index is 0.0602. The summed E-state index contributed by atoms with van der Waals surface area (Å²) in [5.41, 5.74) is 8.16. The fourth-order valence-corrected chi connectivity index (χ4v) is 3.81. The normalized spacial score (nSPS) is 13.8. The maximum atomic E-state index is 13.2. The van der Waals surface area contributed by atoms with Gasteiger partial charge < -0.3 is 4.90 Å². The minimum atomic E-state index is -0.518. The van der Waals surface area contributed by atoms with E-state index in [2.05, 4.69) is 0 Å². The lowest BCUT2D eigenvalue weighted by molar-refractivity contribution is 0.0705. The zero-order valence-corrected chi connectivity index (χ0v) is 15.4. The summed E-state index contributed by atoms with van der Waals surface area (Å²) in [4.78, 5) is 26.7. The van der Waals surface area contributed by atoms with Crippen LogP contribution in [0.2, 0.25) is 0 Å². The third kappa shape index (κ3) is 3.48. The standard InChI is InChI=1S/C21H24N2O3/c1-13-9-14(2)19(15(3)10-13)21(25)23-8-4-5-16-11-17(20(24)22-26)6-7-18(16)12-23/h6-7,9-11,26H,4-5,8,12H2,1-3H3,(H,22,24). The monoisotopic (exact) mass is 352 g/mol. The van der Waals surface area contributed by atoms with E-state index in [-0.39, 0.29) is 5.91 Å². The van der Waals surface area contributed by atoms with Gasteiger partial charge in [-0.05, 0) is 68.0 Å². The van der Waals surface area contributed by atoms with Crippen molar-refractivity contribution < 1.29 is 14.8 Å². The fraction of sp³-hybridized carbons (Fsp3) is 0.333. The SMILES string of the molecule is Cc1cc(C)c(C(=O)N2CCCc3cc(C(=O)NO)ccc3C2)c(C)c1. The fourth-order valence-electron chi connectivity index (χ4n) is 3.81. The highest BCUT2D eigenvalue weighted by Gasteiger charge is 2.23. The molecule has 136 valence electrons. The second kappa shape index (κ2) is 7.30. The van der Waals surface area contributed by atoms with Crippen molar-refractivity contribution >= 4 is 11.8 Å². The molecule has 0 aromatic heterocycles. The number of hydrogen-bond donors (Lipinski definition) is 2. The molecule has 2 aromatic rings. The summed E-state index contributed by atoms with van der Waals surface area (Å²) in [7, 11) is 0. The molecule has 2 N–H and O–H groups in total. The number of fused-ring (bicyclic) bond motifs is 1. The van der Waals surface area contributed by atoms with E-state index in [1.165, 1.54) is 0 Å². The molecule has 0 atom stereocenters. The first kappa shape index (κ1) is 18.1. The van der Waals surface area contributed by atoms with Gasteiger partial charge in [-0.3, -0.25) is 14.8 Å². The maximum absolute atomic E-state index is 13.2. The van der Waals surface area contributed by atoms with Gasteiger partial charge in [0, 0.05) is 24.2 Å². The first-order chi connectivity index (χ1) is 12.4. The summed E-state index contributed by atoms with van der Waals surface area (Å²) in [5, 5.41) is 8.81. The Balaban J connectivity index is 1.90. The van der Waals surface area contributed by atoms with Crippen LogP contribution in [0.5, 0.6) is 0 Å². The summed E-state index contributed by atoms with van der Waals surface area (Å²) in [6.45, 7) is 7.22. The van der Waals surface area contributed by atoms with E-state index in [0.717, 1.165) is 46.2 Å². The Morgan fingerprint density at radius 2 is 1.73 bits per heavy atom. The molecule has 0 bridgehead atoms. The lowest BCUT2D eigenvalue weighted by atomic mass is 9.98. The van der Waals surface area contributed by atoms with Crippen LogP contribution in [0.4, 0.5) is 0 Å². The third-order valence-electron chi connectivity index (χ3n) is 4.98. The summed E-state index contributed by atoms with van der Waals surface area (Å²) < 4.78 is 0. The largest absolute Gasteiger partial charge is 0.334 e. The second-order valence-electron chi connectivity index (χ2n) is 7.03. The Bertz CT molecular complexity index is 851. The van der Waals surface area contributed by atoms with Crippen LogP contribution in [0.25, 0.3) is 0 Å². The van der Waals surface area contributed by atoms with E-state index in [9.17, 15) is 9.59 Å². The van der Waals surface area contributed by atoms with Gasteiger partial charge in [0.05, 0.1) is 0 Å². The van der Waals surface area contributed by atoms with Crippen molar-refractivity contribution in [3.8, 4) is 0 Å². The highest BCUT2D eigenvalue weighted by atomic mass is 16.5. The van der Waals surface area contributed by atoms with Crippen LogP contribution < -0.4 is 5.48 Å². The van der Waals surface area contributed by atoms with E-state index in [1.54, 1.807) is 17.6 Å². The number of benzene rings is 2. The number of hydrogen-bond acceptors (Lipinski definition) is 3. The van der Waals surface area contributed by atoms with E-state index in [1.807, 2.05) is 43.9 Å². The van der Waals surface area contributed by atoms with Crippen LogP contribution in [0.1, 0.15) is 55.0 Å². The third-order valence-corrected chi connectivity index (χ3v) is 4.98. The molecule has 1 aliphatic rings. The molecule has 0 unspecified atom stereocenters. The molecule has 0 spiro atoms. The lowest BCUT2D eigenvalue weighted by Gasteiger charge is -2.23. The Hall–Kier alpha value is -2.66. The average Bonchev–Trinajstić information content (AvgIpc) is 2.81. The molecule has 1 heterocycles. The first-order valence-corrected chi connectivity index (χ1v) is 8.84. The van der Waals surface area contributed by atoms with Crippen LogP contribution in [0, 0.1) is 20.8 Å². The van der Waals surface area contributed by atoms with Crippen LogP contribution >= 0.6 is 0 Å². The van der Waals surface area contributed by atoms with Gasteiger partial charge in [0.15, 0.2) is 0 Å². The molecule has 26 heavy (non-hydrogen) atoms. The Labute approximate surface area is 153 Å². The Morgan fingerprint density at radius 1 is 1.04 bits per heavy atom. The summed E-state index contributed by atoms with van der Waals surface area (Å²) in [6, 6.07) is 9.45. The van der Waals surface area contributed by atoms with Crippen molar-refractivity contribution in [2.75, 3.05) is 6.54 Å². The first-order valence-electron chi connectivity index (χ1n) is 8.84. The highest BCUT2D eigenvalue weighted by Crippen LogP contribution is 2.24. The molecule has 2 amide bonds. The smallest absolute Gasteiger partial charge is 0.274 e. The number of carbonyl (C=O) groups excluding carboxylic acids is 2. The lowest BCUT2D eigenvalue weighted by Crippen LogP contribution is -2.31. The number of nitrogens with one attached hydrogen (secondary N) is 1. The Morgan fingerprint density at radius 3 is 2.38 bits per heavy atom. The number of nitrogens with zero attached hydrogens (tertiary/aromatic N) is 1. The summed E-state index contributed by atoms with van der Waals surface area (Å²) >= 11 is 0. The molecular weight excluding hydrogens is 328 g/mol.